The highest BCUT2D eigenvalue weighted by Gasteiger charge is 2.19. The van der Waals surface area contributed by atoms with Crippen molar-refractivity contribution in [3.05, 3.63) is 0 Å². The summed E-state index contributed by atoms with van der Waals surface area (Å²) in [5.74, 6) is -1.41. The van der Waals surface area contributed by atoms with Gasteiger partial charge < -0.3 is 10.4 Å². The van der Waals surface area contributed by atoms with E-state index < -0.39 is 17.9 Å². The van der Waals surface area contributed by atoms with E-state index in [1.807, 2.05) is 0 Å². The Morgan fingerprint density at radius 1 is 1.31 bits per heavy atom. The van der Waals surface area contributed by atoms with Crippen molar-refractivity contribution in [3.63, 3.8) is 0 Å². The molecule has 0 aromatic heterocycles. The van der Waals surface area contributed by atoms with Gasteiger partial charge in [-0.05, 0) is 10.8 Å². The Labute approximate surface area is 102 Å². The number of nitrogens with one attached hydrogen (secondary N) is 1. The molecule has 0 aromatic rings. The molecule has 0 saturated heterocycles. The molecule has 1 amide bonds. The molecule has 0 spiro atoms. The first-order valence-electron chi connectivity index (χ1n) is 4.67. The average Bonchev–Trinajstić information content (AvgIpc) is 2.14. The van der Waals surface area contributed by atoms with E-state index in [-0.39, 0.29) is 16.8 Å². The maximum absolute atomic E-state index is 11.2. The van der Waals surface area contributed by atoms with Crippen molar-refractivity contribution in [3.8, 4) is 0 Å². The van der Waals surface area contributed by atoms with Gasteiger partial charge in [0.25, 0.3) is 0 Å². The zero-order valence-electron chi connectivity index (χ0n) is 9.35. The average molecular weight is 265 g/mol. The number of carboxylic acids is 1. The zero-order valence-corrected chi connectivity index (χ0v) is 11.0. The summed E-state index contributed by atoms with van der Waals surface area (Å²) in [5.41, 5.74) is 0. The van der Waals surface area contributed by atoms with Gasteiger partial charge in [0.2, 0.25) is 11.0 Å². The van der Waals surface area contributed by atoms with Gasteiger partial charge in [0, 0.05) is 18.6 Å². The van der Waals surface area contributed by atoms with Crippen LogP contribution in [0.15, 0.2) is 0 Å². The summed E-state index contributed by atoms with van der Waals surface area (Å²) < 4.78 is 0. The molecule has 0 aliphatic heterocycles. The number of rotatable bonds is 6. The van der Waals surface area contributed by atoms with E-state index in [1.165, 1.54) is 6.92 Å². The maximum atomic E-state index is 11.2. The number of carboxylic acid groups (broad SMARTS) is 1. The zero-order chi connectivity index (χ0) is 12.7. The van der Waals surface area contributed by atoms with Gasteiger partial charge in [-0.15, -0.1) is 0 Å². The quantitative estimate of drug-likeness (QED) is 0.701. The minimum absolute atomic E-state index is 0.00281. The van der Waals surface area contributed by atoms with Gasteiger partial charge in [-0.2, -0.15) is 0 Å². The summed E-state index contributed by atoms with van der Waals surface area (Å²) >= 11 is 0. The van der Waals surface area contributed by atoms with Crippen molar-refractivity contribution in [1.29, 1.82) is 0 Å². The number of hydrogen-bond donors (Lipinski definition) is 2. The molecular weight excluding hydrogens is 250 g/mol. The molecule has 0 aliphatic carbocycles. The minimum atomic E-state index is -1.10. The highest BCUT2D eigenvalue weighted by atomic mass is 33.1. The predicted octanol–water partition coefficient (Wildman–Crippen LogP) is 1.14. The molecule has 0 saturated carbocycles. The number of amides is 1. The van der Waals surface area contributed by atoms with Crippen molar-refractivity contribution in [2.24, 2.45) is 5.92 Å². The Morgan fingerprint density at radius 2 is 1.88 bits per heavy atom. The van der Waals surface area contributed by atoms with Crippen LogP contribution in [0.3, 0.4) is 0 Å². The predicted molar refractivity (Wildman–Crippen MR) is 65.1 cm³/mol. The molecule has 0 aliphatic rings. The lowest BCUT2D eigenvalue weighted by atomic mass is 10.3. The number of carbonyl (C=O) groups is 3. The van der Waals surface area contributed by atoms with E-state index in [9.17, 15) is 14.4 Å². The minimum Gasteiger partial charge on any atom is -0.480 e. The summed E-state index contributed by atoms with van der Waals surface area (Å²) in [6.45, 7) is 4.81. The Morgan fingerprint density at radius 3 is 2.25 bits per heavy atom. The second-order valence-corrected chi connectivity index (χ2v) is 5.78. The van der Waals surface area contributed by atoms with Crippen molar-refractivity contribution in [1.82, 2.24) is 5.32 Å². The van der Waals surface area contributed by atoms with Crippen molar-refractivity contribution >= 4 is 38.6 Å². The van der Waals surface area contributed by atoms with Crippen LogP contribution in [0.4, 0.5) is 0 Å². The van der Waals surface area contributed by atoms with E-state index in [2.05, 4.69) is 5.32 Å². The highest BCUT2D eigenvalue weighted by molar-refractivity contribution is 8.82. The SMILES string of the molecule is CC(=O)NC(CSSC(=O)C(C)C)C(=O)O. The number of carbonyl (C=O) groups excluding carboxylic acids is 2. The van der Waals surface area contributed by atoms with E-state index in [0.29, 0.717) is 0 Å². The second-order valence-electron chi connectivity index (χ2n) is 3.43. The van der Waals surface area contributed by atoms with Crippen LogP contribution in [0.2, 0.25) is 0 Å². The molecule has 0 heterocycles. The van der Waals surface area contributed by atoms with E-state index >= 15 is 0 Å². The van der Waals surface area contributed by atoms with Gasteiger partial charge in [0.1, 0.15) is 6.04 Å². The van der Waals surface area contributed by atoms with E-state index in [4.69, 9.17) is 5.11 Å². The van der Waals surface area contributed by atoms with Gasteiger partial charge in [0.15, 0.2) is 0 Å². The molecule has 2 N–H and O–H groups in total. The van der Waals surface area contributed by atoms with Crippen LogP contribution in [-0.2, 0) is 14.4 Å². The van der Waals surface area contributed by atoms with Crippen molar-refractivity contribution in [2.75, 3.05) is 5.75 Å². The van der Waals surface area contributed by atoms with Crippen LogP contribution in [0.25, 0.3) is 0 Å². The molecule has 1 atom stereocenters. The van der Waals surface area contributed by atoms with Gasteiger partial charge in [-0.25, -0.2) is 4.79 Å². The first kappa shape index (κ1) is 15.3. The van der Waals surface area contributed by atoms with Gasteiger partial charge in [-0.3, -0.25) is 9.59 Å². The van der Waals surface area contributed by atoms with Crippen molar-refractivity contribution in [2.45, 2.75) is 26.8 Å². The molecular formula is C9H15NO4S2. The molecule has 0 rings (SSSR count). The first-order chi connectivity index (χ1) is 7.34. The smallest absolute Gasteiger partial charge is 0.327 e. The van der Waals surface area contributed by atoms with Gasteiger partial charge >= 0.3 is 5.97 Å². The fourth-order valence-electron chi connectivity index (χ4n) is 0.676. The largest absolute Gasteiger partial charge is 0.480 e. The summed E-state index contributed by atoms with van der Waals surface area (Å²) in [5, 5.41) is 11.1. The fourth-order valence-corrected chi connectivity index (χ4v) is 2.95. The Bertz CT molecular complexity index is 281. The summed E-state index contributed by atoms with van der Waals surface area (Å²) in [6.07, 6.45) is 0. The third kappa shape index (κ3) is 6.73. The van der Waals surface area contributed by atoms with Crippen LogP contribution in [0.5, 0.6) is 0 Å². The topological polar surface area (TPSA) is 83.5 Å². The first-order valence-corrected chi connectivity index (χ1v) is 6.99. The Kier molecular flexibility index (Phi) is 7.24. The lowest BCUT2D eigenvalue weighted by molar-refractivity contribution is -0.140. The molecule has 5 nitrogen and oxygen atoms in total. The molecule has 7 heteroatoms. The normalized spacial score (nSPS) is 12.2. The fraction of sp³-hybridized carbons (Fsp3) is 0.667. The summed E-state index contributed by atoms with van der Waals surface area (Å²) in [4.78, 5) is 32.7. The van der Waals surface area contributed by atoms with Crippen LogP contribution >= 0.6 is 21.6 Å². The molecule has 1 unspecified atom stereocenters. The maximum Gasteiger partial charge on any atom is 0.327 e. The Hall–Kier alpha value is -0.690. The Balaban J connectivity index is 3.99. The van der Waals surface area contributed by atoms with Gasteiger partial charge in [-0.1, -0.05) is 24.6 Å². The molecule has 0 bridgehead atoms. The van der Waals surface area contributed by atoms with E-state index in [1.54, 1.807) is 13.8 Å². The molecule has 0 radical (unpaired) electrons. The van der Waals surface area contributed by atoms with Crippen LogP contribution in [0.1, 0.15) is 20.8 Å². The second kappa shape index (κ2) is 7.56. The number of hydrogen-bond acceptors (Lipinski definition) is 5. The summed E-state index contributed by atoms with van der Waals surface area (Å²) in [6, 6.07) is -0.949. The van der Waals surface area contributed by atoms with Crippen LogP contribution in [-0.4, -0.2) is 33.9 Å². The molecule has 0 fully saturated rings. The van der Waals surface area contributed by atoms with Gasteiger partial charge in [0.05, 0.1) is 0 Å². The third-order valence-electron chi connectivity index (χ3n) is 1.52. The monoisotopic (exact) mass is 265 g/mol. The van der Waals surface area contributed by atoms with Crippen LogP contribution < -0.4 is 5.32 Å². The summed E-state index contributed by atoms with van der Waals surface area (Å²) in [7, 11) is 2.16. The third-order valence-corrected chi connectivity index (χ3v) is 4.00. The lowest BCUT2D eigenvalue weighted by Gasteiger charge is -2.12. The van der Waals surface area contributed by atoms with Crippen LogP contribution in [0, 0.1) is 5.92 Å². The molecule has 0 aromatic carbocycles. The molecule has 16 heavy (non-hydrogen) atoms. The standard InChI is InChI=1S/C9H15NO4S2/c1-5(2)9(14)16-15-4-7(8(12)13)10-6(3)11/h5,7H,4H2,1-3H3,(H,10,11)(H,12,13). The lowest BCUT2D eigenvalue weighted by Crippen LogP contribution is -2.41. The highest BCUT2D eigenvalue weighted by Crippen LogP contribution is 2.26. The van der Waals surface area contributed by atoms with E-state index in [0.717, 1.165) is 21.6 Å². The molecule has 92 valence electrons. The number of aliphatic carboxylic acids is 1. The van der Waals surface area contributed by atoms with Crippen molar-refractivity contribution < 1.29 is 19.5 Å².